The minimum absolute atomic E-state index is 0.00838. The van der Waals surface area contributed by atoms with Gasteiger partial charge in [0.25, 0.3) is 5.91 Å². The molecule has 2 unspecified atom stereocenters. The Balaban J connectivity index is 1.87. The summed E-state index contributed by atoms with van der Waals surface area (Å²) >= 11 is 0. The van der Waals surface area contributed by atoms with Crippen molar-refractivity contribution < 1.29 is 4.79 Å². The molecular formula is C15H19N3O. The van der Waals surface area contributed by atoms with Crippen LogP contribution in [-0.4, -0.2) is 23.0 Å². The summed E-state index contributed by atoms with van der Waals surface area (Å²) in [7, 11) is 0. The molecule has 1 saturated carbocycles. The molecule has 1 aliphatic carbocycles. The first kappa shape index (κ1) is 12.2. The van der Waals surface area contributed by atoms with Crippen molar-refractivity contribution in [3.8, 4) is 0 Å². The number of rotatable bonds is 2. The third-order valence-electron chi connectivity index (χ3n) is 3.93. The number of carbonyl (C=O) groups excluding carboxylic acids is 1. The second-order valence-corrected chi connectivity index (χ2v) is 5.41. The summed E-state index contributed by atoms with van der Waals surface area (Å²) in [4.78, 5) is 15.7. The van der Waals surface area contributed by atoms with Gasteiger partial charge in [-0.05, 0) is 32.3 Å². The van der Waals surface area contributed by atoms with Gasteiger partial charge in [0.15, 0.2) is 0 Å². The third kappa shape index (κ3) is 2.24. The van der Waals surface area contributed by atoms with E-state index in [1.165, 1.54) is 0 Å². The largest absolute Gasteiger partial charge is 0.358 e. The molecule has 2 aromatic rings. The fourth-order valence-electron chi connectivity index (χ4n) is 2.97. The van der Waals surface area contributed by atoms with Crippen molar-refractivity contribution in [3.05, 3.63) is 35.5 Å². The number of hydrogen-bond acceptors (Lipinski definition) is 2. The van der Waals surface area contributed by atoms with Gasteiger partial charge in [-0.3, -0.25) is 4.79 Å². The molecule has 19 heavy (non-hydrogen) atoms. The van der Waals surface area contributed by atoms with Crippen LogP contribution in [0.25, 0.3) is 10.9 Å². The highest BCUT2D eigenvalue weighted by Crippen LogP contribution is 2.23. The van der Waals surface area contributed by atoms with Crippen molar-refractivity contribution in [2.45, 2.75) is 38.3 Å². The summed E-state index contributed by atoms with van der Waals surface area (Å²) in [5.41, 5.74) is 8.57. The highest BCUT2D eigenvalue weighted by molar-refractivity contribution is 6.08. The van der Waals surface area contributed by atoms with E-state index in [0.717, 1.165) is 41.4 Å². The maximum atomic E-state index is 12.4. The second-order valence-electron chi connectivity index (χ2n) is 5.41. The van der Waals surface area contributed by atoms with E-state index in [1.54, 1.807) is 0 Å². The van der Waals surface area contributed by atoms with E-state index in [9.17, 15) is 4.79 Å². The summed E-state index contributed by atoms with van der Waals surface area (Å²) in [5.74, 6) is 0.00838. The number of nitrogens with two attached hydrogens (primary N) is 1. The Morgan fingerprint density at radius 2 is 2.16 bits per heavy atom. The highest BCUT2D eigenvalue weighted by atomic mass is 16.1. The van der Waals surface area contributed by atoms with Crippen LogP contribution < -0.4 is 11.1 Å². The Morgan fingerprint density at radius 3 is 2.89 bits per heavy atom. The molecule has 4 heteroatoms. The number of aromatic nitrogens is 1. The van der Waals surface area contributed by atoms with E-state index in [-0.39, 0.29) is 18.0 Å². The minimum Gasteiger partial charge on any atom is -0.358 e. The second kappa shape index (κ2) is 4.70. The quantitative estimate of drug-likeness (QED) is 0.771. The molecule has 1 heterocycles. The minimum atomic E-state index is 0.00838. The molecule has 4 nitrogen and oxygen atoms in total. The number of H-pyrrole nitrogens is 1. The molecule has 100 valence electrons. The molecule has 0 radical (unpaired) electrons. The van der Waals surface area contributed by atoms with E-state index in [1.807, 2.05) is 31.2 Å². The third-order valence-corrected chi connectivity index (χ3v) is 3.93. The van der Waals surface area contributed by atoms with E-state index < -0.39 is 0 Å². The normalized spacial score (nSPS) is 22.8. The van der Waals surface area contributed by atoms with E-state index in [4.69, 9.17) is 5.73 Å². The molecule has 2 atom stereocenters. The lowest BCUT2D eigenvalue weighted by molar-refractivity contribution is 0.0939. The molecule has 1 aromatic heterocycles. The zero-order valence-corrected chi connectivity index (χ0v) is 11.1. The summed E-state index contributed by atoms with van der Waals surface area (Å²) in [6.45, 7) is 1.94. The van der Waals surface area contributed by atoms with Crippen molar-refractivity contribution in [1.82, 2.24) is 10.3 Å². The highest BCUT2D eigenvalue weighted by Gasteiger charge is 2.25. The van der Waals surface area contributed by atoms with Crippen LogP contribution in [0.1, 0.15) is 35.3 Å². The van der Waals surface area contributed by atoms with Crippen LogP contribution >= 0.6 is 0 Å². The first-order valence-corrected chi connectivity index (χ1v) is 6.79. The Kier molecular flexibility index (Phi) is 3.03. The number of carbonyl (C=O) groups is 1. The van der Waals surface area contributed by atoms with Crippen LogP contribution in [0.3, 0.4) is 0 Å². The zero-order chi connectivity index (χ0) is 13.4. The maximum Gasteiger partial charge on any atom is 0.253 e. The number of benzene rings is 1. The number of para-hydroxylation sites is 1. The van der Waals surface area contributed by atoms with Gasteiger partial charge in [-0.2, -0.15) is 0 Å². The predicted molar refractivity (Wildman–Crippen MR) is 76.1 cm³/mol. The van der Waals surface area contributed by atoms with Crippen LogP contribution in [0.15, 0.2) is 24.3 Å². The van der Waals surface area contributed by atoms with E-state index in [2.05, 4.69) is 10.3 Å². The average Bonchev–Trinajstić information content (AvgIpc) is 2.91. The number of amides is 1. The topological polar surface area (TPSA) is 70.9 Å². The number of aryl methyl sites for hydroxylation is 1. The molecule has 1 aliphatic rings. The summed E-state index contributed by atoms with van der Waals surface area (Å²) in [6.07, 6.45) is 2.86. The van der Waals surface area contributed by atoms with Crippen LogP contribution in [-0.2, 0) is 0 Å². The average molecular weight is 257 g/mol. The molecule has 1 amide bonds. The molecule has 0 spiro atoms. The lowest BCUT2D eigenvalue weighted by Gasteiger charge is -2.12. The monoisotopic (exact) mass is 257 g/mol. The molecule has 0 aliphatic heterocycles. The Hall–Kier alpha value is -1.81. The van der Waals surface area contributed by atoms with Gasteiger partial charge in [0.2, 0.25) is 0 Å². The van der Waals surface area contributed by atoms with Crippen molar-refractivity contribution in [1.29, 1.82) is 0 Å². The summed E-state index contributed by atoms with van der Waals surface area (Å²) in [5, 5.41) is 4.09. The zero-order valence-electron chi connectivity index (χ0n) is 11.1. The fraction of sp³-hybridized carbons (Fsp3) is 0.400. The Labute approximate surface area is 112 Å². The van der Waals surface area contributed by atoms with Gasteiger partial charge < -0.3 is 16.0 Å². The van der Waals surface area contributed by atoms with Gasteiger partial charge in [-0.1, -0.05) is 18.2 Å². The van der Waals surface area contributed by atoms with Crippen molar-refractivity contribution in [3.63, 3.8) is 0 Å². The molecule has 0 bridgehead atoms. The van der Waals surface area contributed by atoms with Crippen molar-refractivity contribution >= 4 is 16.8 Å². The number of hydrogen-bond donors (Lipinski definition) is 3. The Morgan fingerprint density at radius 1 is 1.37 bits per heavy atom. The number of aromatic amines is 1. The van der Waals surface area contributed by atoms with Crippen LogP contribution in [0, 0.1) is 6.92 Å². The SMILES string of the molecule is Cc1[nH]c2ccccc2c1C(=O)NC1CCC(N)C1. The van der Waals surface area contributed by atoms with Crippen LogP contribution in [0.4, 0.5) is 0 Å². The van der Waals surface area contributed by atoms with Crippen LogP contribution in [0.5, 0.6) is 0 Å². The molecule has 3 rings (SSSR count). The van der Waals surface area contributed by atoms with Gasteiger partial charge in [-0.15, -0.1) is 0 Å². The van der Waals surface area contributed by atoms with Gasteiger partial charge in [-0.25, -0.2) is 0 Å². The molecule has 0 saturated heterocycles. The molecular weight excluding hydrogens is 238 g/mol. The van der Waals surface area contributed by atoms with Gasteiger partial charge in [0.1, 0.15) is 0 Å². The molecule has 1 fully saturated rings. The van der Waals surface area contributed by atoms with E-state index >= 15 is 0 Å². The smallest absolute Gasteiger partial charge is 0.253 e. The van der Waals surface area contributed by atoms with Crippen LogP contribution in [0.2, 0.25) is 0 Å². The molecule has 1 aromatic carbocycles. The summed E-state index contributed by atoms with van der Waals surface area (Å²) in [6, 6.07) is 8.34. The lowest BCUT2D eigenvalue weighted by Crippen LogP contribution is -2.34. The fourth-order valence-corrected chi connectivity index (χ4v) is 2.97. The van der Waals surface area contributed by atoms with Gasteiger partial charge in [0, 0.05) is 28.7 Å². The Bertz CT molecular complexity index is 617. The van der Waals surface area contributed by atoms with Crippen molar-refractivity contribution in [2.75, 3.05) is 0 Å². The lowest BCUT2D eigenvalue weighted by atomic mass is 10.1. The van der Waals surface area contributed by atoms with Gasteiger partial charge >= 0.3 is 0 Å². The molecule has 4 N–H and O–H groups in total. The number of fused-ring (bicyclic) bond motifs is 1. The summed E-state index contributed by atoms with van der Waals surface area (Å²) < 4.78 is 0. The standard InChI is InChI=1S/C15H19N3O/c1-9-14(12-4-2-3-5-13(12)17-9)15(19)18-11-7-6-10(16)8-11/h2-5,10-11,17H,6-8,16H2,1H3,(H,18,19). The van der Waals surface area contributed by atoms with E-state index in [0.29, 0.717) is 0 Å². The first-order chi connectivity index (χ1) is 9.15. The number of nitrogens with one attached hydrogen (secondary N) is 2. The first-order valence-electron chi connectivity index (χ1n) is 6.79. The maximum absolute atomic E-state index is 12.4. The van der Waals surface area contributed by atoms with Gasteiger partial charge in [0.05, 0.1) is 5.56 Å². The van der Waals surface area contributed by atoms with Crippen molar-refractivity contribution in [2.24, 2.45) is 5.73 Å². The predicted octanol–water partition coefficient (Wildman–Crippen LogP) is 2.09.